The van der Waals surface area contributed by atoms with E-state index < -0.39 is 72.3 Å². The lowest BCUT2D eigenvalue weighted by Crippen LogP contribution is -2.58. The summed E-state index contributed by atoms with van der Waals surface area (Å²) in [6.45, 7) is 2.42. The molecular weight excluding hydrogens is 406 g/mol. The van der Waals surface area contributed by atoms with Crippen molar-refractivity contribution >= 4 is 35.6 Å². The summed E-state index contributed by atoms with van der Waals surface area (Å²) < 4.78 is 0. The summed E-state index contributed by atoms with van der Waals surface area (Å²) in [5.74, 6) is -6.77. The standard InChI is InChI=1S/C16H27N5O9/c1-6(17)13(26)20-9(5-11(24)25)15(28)19-8(3-4-10(18)23)14(27)21-12(7(2)22)16(29)30/h6-9,12,22H,3-5,17H2,1-2H3,(H2,18,23)(H,19,28)(H,20,26)(H,21,27)(H,24,25)(H,29,30). The number of nitrogens with one attached hydrogen (secondary N) is 3. The SMILES string of the molecule is CC(N)C(=O)NC(CC(=O)O)C(=O)NC(CCC(N)=O)C(=O)NC(C(=O)O)C(C)O. The van der Waals surface area contributed by atoms with Crippen molar-refractivity contribution in [3.8, 4) is 0 Å². The van der Waals surface area contributed by atoms with Crippen LogP contribution in [0.15, 0.2) is 0 Å². The highest BCUT2D eigenvalue weighted by molar-refractivity contribution is 5.95. The molecule has 0 saturated heterocycles. The Morgan fingerprint density at radius 3 is 1.77 bits per heavy atom. The van der Waals surface area contributed by atoms with Crippen molar-refractivity contribution in [2.75, 3.05) is 0 Å². The second-order valence-electron chi connectivity index (χ2n) is 6.58. The third-order valence-corrected chi connectivity index (χ3v) is 3.78. The predicted octanol–water partition coefficient (Wildman–Crippen LogP) is -4.01. The Morgan fingerprint density at radius 1 is 0.867 bits per heavy atom. The van der Waals surface area contributed by atoms with E-state index in [1.165, 1.54) is 6.92 Å². The predicted molar refractivity (Wildman–Crippen MR) is 99.4 cm³/mol. The molecule has 5 atom stereocenters. The van der Waals surface area contributed by atoms with Gasteiger partial charge in [0.15, 0.2) is 6.04 Å². The van der Waals surface area contributed by atoms with E-state index in [-0.39, 0.29) is 12.8 Å². The molecule has 14 nitrogen and oxygen atoms in total. The molecule has 0 rings (SSSR count). The molecule has 0 aromatic heterocycles. The Kier molecular flexibility index (Phi) is 11.0. The first kappa shape index (κ1) is 26.7. The number of aliphatic hydroxyl groups is 1. The van der Waals surface area contributed by atoms with Gasteiger partial charge in [-0.15, -0.1) is 0 Å². The molecule has 0 fully saturated rings. The molecule has 0 heterocycles. The number of rotatable bonds is 13. The van der Waals surface area contributed by atoms with Crippen molar-refractivity contribution in [2.45, 2.75) is 63.4 Å². The number of carboxylic acid groups (broad SMARTS) is 2. The van der Waals surface area contributed by atoms with Gasteiger partial charge >= 0.3 is 11.9 Å². The molecule has 0 aliphatic heterocycles. The molecule has 0 aliphatic carbocycles. The molecule has 0 bridgehead atoms. The number of carboxylic acids is 2. The number of aliphatic hydroxyl groups excluding tert-OH is 1. The van der Waals surface area contributed by atoms with Crippen LogP contribution in [-0.2, 0) is 28.8 Å². The number of hydrogen-bond acceptors (Lipinski definition) is 8. The first-order chi connectivity index (χ1) is 13.8. The van der Waals surface area contributed by atoms with Gasteiger partial charge in [0.25, 0.3) is 0 Å². The monoisotopic (exact) mass is 433 g/mol. The number of hydrogen-bond donors (Lipinski definition) is 8. The normalized spacial score (nSPS) is 15.6. The molecule has 30 heavy (non-hydrogen) atoms. The lowest BCUT2D eigenvalue weighted by atomic mass is 10.1. The van der Waals surface area contributed by atoms with Gasteiger partial charge in [-0.3, -0.25) is 24.0 Å². The Hall–Kier alpha value is -3.26. The summed E-state index contributed by atoms with van der Waals surface area (Å²) in [5.41, 5.74) is 10.4. The third-order valence-electron chi connectivity index (χ3n) is 3.78. The average molecular weight is 433 g/mol. The second kappa shape index (κ2) is 12.3. The van der Waals surface area contributed by atoms with E-state index in [0.717, 1.165) is 6.92 Å². The summed E-state index contributed by atoms with van der Waals surface area (Å²) in [5, 5.41) is 33.7. The molecule has 0 aromatic carbocycles. The van der Waals surface area contributed by atoms with Crippen LogP contribution in [0.1, 0.15) is 33.1 Å². The van der Waals surface area contributed by atoms with E-state index in [9.17, 15) is 33.9 Å². The Morgan fingerprint density at radius 2 is 1.37 bits per heavy atom. The van der Waals surface area contributed by atoms with Crippen LogP contribution in [0.3, 0.4) is 0 Å². The van der Waals surface area contributed by atoms with Crippen LogP contribution in [0.4, 0.5) is 0 Å². The molecule has 4 amide bonds. The van der Waals surface area contributed by atoms with Gasteiger partial charge in [0.2, 0.25) is 23.6 Å². The van der Waals surface area contributed by atoms with E-state index in [1.54, 1.807) is 0 Å². The van der Waals surface area contributed by atoms with Gasteiger partial charge in [-0.2, -0.15) is 0 Å². The smallest absolute Gasteiger partial charge is 0.328 e. The number of carbonyl (C=O) groups is 6. The number of amides is 4. The van der Waals surface area contributed by atoms with Crippen molar-refractivity contribution in [3.05, 3.63) is 0 Å². The fourth-order valence-electron chi connectivity index (χ4n) is 2.16. The van der Waals surface area contributed by atoms with Gasteiger partial charge in [-0.1, -0.05) is 0 Å². The zero-order valence-electron chi connectivity index (χ0n) is 16.5. The highest BCUT2D eigenvalue weighted by Gasteiger charge is 2.32. The van der Waals surface area contributed by atoms with Crippen LogP contribution in [-0.4, -0.2) is 81.2 Å². The maximum Gasteiger partial charge on any atom is 0.328 e. The molecule has 170 valence electrons. The maximum absolute atomic E-state index is 12.5. The van der Waals surface area contributed by atoms with Gasteiger partial charge in [0.1, 0.15) is 12.1 Å². The largest absolute Gasteiger partial charge is 0.481 e. The van der Waals surface area contributed by atoms with Crippen molar-refractivity contribution < 1.29 is 44.1 Å². The van der Waals surface area contributed by atoms with Crippen LogP contribution in [0.25, 0.3) is 0 Å². The summed E-state index contributed by atoms with van der Waals surface area (Å²) in [7, 11) is 0. The molecule has 0 spiro atoms. The topological polar surface area (TPSA) is 251 Å². The van der Waals surface area contributed by atoms with Crippen LogP contribution >= 0.6 is 0 Å². The maximum atomic E-state index is 12.5. The highest BCUT2D eigenvalue weighted by atomic mass is 16.4. The van der Waals surface area contributed by atoms with Gasteiger partial charge in [-0.05, 0) is 20.3 Å². The first-order valence-electron chi connectivity index (χ1n) is 8.83. The second-order valence-corrected chi connectivity index (χ2v) is 6.58. The van der Waals surface area contributed by atoms with Crippen LogP contribution in [0.2, 0.25) is 0 Å². The number of carbonyl (C=O) groups excluding carboxylic acids is 4. The number of nitrogens with two attached hydrogens (primary N) is 2. The number of aliphatic carboxylic acids is 2. The van der Waals surface area contributed by atoms with Gasteiger partial charge < -0.3 is 42.7 Å². The molecule has 10 N–H and O–H groups in total. The molecule has 5 unspecified atom stereocenters. The summed E-state index contributed by atoms with van der Waals surface area (Å²) in [6, 6.07) is -5.87. The lowest BCUT2D eigenvalue weighted by Gasteiger charge is -2.25. The summed E-state index contributed by atoms with van der Waals surface area (Å²) >= 11 is 0. The van der Waals surface area contributed by atoms with Crippen LogP contribution in [0, 0.1) is 0 Å². The van der Waals surface area contributed by atoms with E-state index in [2.05, 4.69) is 10.6 Å². The fraction of sp³-hybridized carbons (Fsp3) is 0.625. The van der Waals surface area contributed by atoms with Gasteiger partial charge in [0, 0.05) is 6.42 Å². The zero-order valence-corrected chi connectivity index (χ0v) is 16.5. The van der Waals surface area contributed by atoms with E-state index in [4.69, 9.17) is 21.7 Å². The van der Waals surface area contributed by atoms with E-state index >= 15 is 0 Å². The molecule has 0 saturated carbocycles. The Balaban J connectivity index is 5.51. The van der Waals surface area contributed by atoms with Crippen LogP contribution in [0.5, 0.6) is 0 Å². The summed E-state index contributed by atoms with van der Waals surface area (Å²) in [4.78, 5) is 69.8. The molecule has 0 radical (unpaired) electrons. The first-order valence-corrected chi connectivity index (χ1v) is 8.83. The van der Waals surface area contributed by atoms with Crippen molar-refractivity contribution in [3.63, 3.8) is 0 Å². The minimum atomic E-state index is -1.71. The van der Waals surface area contributed by atoms with Crippen molar-refractivity contribution in [1.82, 2.24) is 16.0 Å². The lowest BCUT2D eigenvalue weighted by molar-refractivity contribution is -0.145. The Bertz CT molecular complexity index is 680. The van der Waals surface area contributed by atoms with E-state index in [1.807, 2.05) is 5.32 Å². The fourth-order valence-corrected chi connectivity index (χ4v) is 2.16. The molecule has 0 aromatic rings. The third kappa shape index (κ3) is 9.79. The Labute approximate surface area is 171 Å². The van der Waals surface area contributed by atoms with Crippen LogP contribution < -0.4 is 27.4 Å². The average Bonchev–Trinajstić information content (AvgIpc) is 2.60. The number of primary amides is 1. The van der Waals surface area contributed by atoms with Crippen molar-refractivity contribution in [1.29, 1.82) is 0 Å². The minimum absolute atomic E-state index is 0.347. The zero-order chi connectivity index (χ0) is 23.6. The van der Waals surface area contributed by atoms with Gasteiger partial charge in [0.05, 0.1) is 18.6 Å². The molecular formula is C16H27N5O9. The molecule has 0 aliphatic rings. The minimum Gasteiger partial charge on any atom is -0.481 e. The summed E-state index contributed by atoms with van der Waals surface area (Å²) in [6.07, 6.45) is -3.04. The van der Waals surface area contributed by atoms with Gasteiger partial charge in [-0.25, -0.2) is 4.79 Å². The van der Waals surface area contributed by atoms with Crippen molar-refractivity contribution in [2.24, 2.45) is 11.5 Å². The molecule has 14 heteroatoms. The quantitative estimate of drug-likeness (QED) is 0.140. The van der Waals surface area contributed by atoms with E-state index in [0.29, 0.717) is 0 Å². The highest BCUT2D eigenvalue weighted by Crippen LogP contribution is 2.03.